The van der Waals surface area contributed by atoms with Gasteiger partial charge in [0.25, 0.3) is 0 Å². The Labute approximate surface area is 211 Å². The smallest absolute Gasteiger partial charge is 0.247 e. The van der Waals surface area contributed by atoms with Crippen LogP contribution in [0, 0.1) is 34.6 Å². The van der Waals surface area contributed by atoms with E-state index in [-0.39, 0.29) is 12.1 Å². The second-order valence-electron chi connectivity index (χ2n) is 11.5. The first kappa shape index (κ1) is 23.5. The van der Waals surface area contributed by atoms with Gasteiger partial charge in [0.2, 0.25) is 6.71 Å². The van der Waals surface area contributed by atoms with Gasteiger partial charge < -0.3 is 4.90 Å². The van der Waals surface area contributed by atoms with Gasteiger partial charge in [0, 0.05) is 17.1 Å². The summed E-state index contributed by atoms with van der Waals surface area (Å²) in [4.78, 5) is 2.48. The summed E-state index contributed by atoms with van der Waals surface area (Å²) in [7, 11) is 0. The standard InChI is InChI=1S/C33H36BN/c1-21-9-14-27(15-10-21)35-30-16-11-22(2)18-29(30)34(32-25(5)17-23(3)19-31(32)35)28-20-26(33(6,7)8)13-12-24(28)4/h9-20H,1-8H3. The second-order valence-corrected chi connectivity index (χ2v) is 11.5. The van der Waals surface area contributed by atoms with Crippen molar-refractivity contribution in [3.63, 3.8) is 0 Å². The first-order chi connectivity index (χ1) is 16.5. The highest BCUT2D eigenvalue weighted by molar-refractivity contribution is 6.98. The van der Waals surface area contributed by atoms with Gasteiger partial charge in [-0.1, -0.05) is 97.0 Å². The lowest BCUT2D eigenvalue weighted by Gasteiger charge is -2.39. The molecule has 0 spiro atoms. The monoisotopic (exact) mass is 457 g/mol. The molecular formula is C33H36BN. The van der Waals surface area contributed by atoms with E-state index < -0.39 is 0 Å². The van der Waals surface area contributed by atoms with Gasteiger partial charge in [-0.05, 0) is 86.4 Å². The summed E-state index contributed by atoms with van der Waals surface area (Å²) < 4.78 is 0. The molecule has 4 aromatic rings. The van der Waals surface area contributed by atoms with Crippen molar-refractivity contribution in [2.24, 2.45) is 0 Å². The maximum Gasteiger partial charge on any atom is 0.247 e. The van der Waals surface area contributed by atoms with E-state index in [0.29, 0.717) is 0 Å². The Balaban J connectivity index is 1.86. The van der Waals surface area contributed by atoms with Gasteiger partial charge >= 0.3 is 0 Å². The summed E-state index contributed by atoms with van der Waals surface area (Å²) in [5.74, 6) is 0. The number of nitrogens with zero attached hydrogens (tertiary/aromatic N) is 1. The number of anilines is 3. The fraction of sp³-hybridized carbons (Fsp3) is 0.273. The Morgan fingerprint density at radius 1 is 0.571 bits per heavy atom. The molecule has 0 N–H and O–H groups in total. The van der Waals surface area contributed by atoms with Crippen molar-refractivity contribution in [3.8, 4) is 0 Å². The molecule has 0 amide bonds. The number of hydrogen-bond donors (Lipinski definition) is 0. The Morgan fingerprint density at radius 3 is 1.94 bits per heavy atom. The van der Waals surface area contributed by atoms with Gasteiger partial charge in [-0.3, -0.25) is 0 Å². The number of hydrogen-bond acceptors (Lipinski definition) is 1. The highest BCUT2D eigenvalue weighted by Gasteiger charge is 2.37. The maximum atomic E-state index is 2.48. The van der Waals surface area contributed by atoms with Crippen molar-refractivity contribution in [2.45, 2.75) is 60.8 Å². The molecule has 4 aromatic carbocycles. The molecule has 35 heavy (non-hydrogen) atoms. The van der Waals surface area contributed by atoms with Gasteiger partial charge in [-0.2, -0.15) is 0 Å². The Kier molecular flexibility index (Phi) is 5.67. The lowest BCUT2D eigenvalue weighted by Crippen LogP contribution is -2.59. The predicted molar refractivity (Wildman–Crippen MR) is 155 cm³/mol. The van der Waals surface area contributed by atoms with Crippen LogP contribution in [0.15, 0.2) is 72.8 Å². The summed E-state index contributed by atoms with van der Waals surface area (Å²) in [6, 6.07) is 27.8. The predicted octanol–water partition coefficient (Wildman–Crippen LogP) is 6.83. The summed E-state index contributed by atoms with van der Waals surface area (Å²) in [5, 5.41) is 0. The zero-order valence-corrected chi connectivity index (χ0v) is 22.5. The molecule has 0 bridgehead atoms. The molecule has 0 saturated carbocycles. The molecule has 0 aromatic heterocycles. The van der Waals surface area contributed by atoms with E-state index in [2.05, 4.69) is 133 Å². The van der Waals surface area contributed by atoms with Gasteiger partial charge in [-0.25, -0.2) is 0 Å². The zero-order valence-electron chi connectivity index (χ0n) is 22.5. The van der Waals surface area contributed by atoms with E-state index >= 15 is 0 Å². The Bertz CT molecular complexity index is 1420. The van der Waals surface area contributed by atoms with Gasteiger partial charge in [0.15, 0.2) is 0 Å². The van der Waals surface area contributed by atoms with E-state index in [1.807, 2.05) is 0 Å². The third-order valence-corrected chi connectivity index (χ3v) is 7.52. The average Bonchev–Trinajstić information content (AvgIpc) is 2.78. The second kappa shape index (κ2) is 8.45. The highest BCUT2D eigenvalue weighted by Crippen LogP contribution is 2.37. The van der Waals surface area contributed by atoms with Crippen LogP contribution in [-0.2, 0) is 5.41 Å². The van der Waals surface area contributed by atoms with E-state index in [4.69, 9.17) is 0 Å². The minimum atomic E-state index is 0.103. The lowest BCUT2D eigenvalue weighted by molar-refractivity contribution is 0.590. The summed E-state index contributed by atoms with van der Waals surface area (Å²) in [6.07, 6.45) is 0. The molecule has 0 fully saturated rings. The highest BCUT2D eigenvalue weighted by atomic mass is 15.1. The van der Waals surface area contributed by atoms with Gasteiger partial charge in [-0.15, -0.1) is 0 Å². The number of aryl methyl sites for hydroxylation is 5. The first-order valence-electron chi connectivity index (χ1n) is 12.7. The lowest BCUT2D eigenvalue weighted by atomic mass is 9.33. The molecule has 1 aliphatic rings. The molecular weight excluding hydrogens is 421 g/mol. The number of fused-ring (bicyclic) bond motifs is 2. The SMILES string of the molecule is Cc1ccc(N2c3ccc(C)cc3B(c3cc(C(C)(C)C)ccc3C)c3c(C)cc(C)cc32)cc1. The minimum Gasteiger partial charge on any atom is -0.312 e. The fourth-order valence-electron chi connectivity index (χ4n) is 5.62. The molecule has 176 valence electrons. The van der Waals surface area contributed by atoms with Crippen LogP contribution in [-0.4, -0.2) is 6.71 Å². The first-order valence-corrected chi connectivity index (χ1v) is 12.7. The van der Waals surface area contributed by atoms with Crippen molar-refractivity contribution in [1.29, 1.82) is 0 Å². The maximum absolute atomic E-state index is 2.48. The summed E-state index contributed by atoms with van der Waals surface area (Å²) in [5.41, 5.74) is 16.1. The zero-order chi connectivity index (χ0) is 25.1. The van der Waals surface area contributed by atoms with Crippen LogP contribution in [0.25, 0.3) is 0 Å². The summed E-state index contributed by atoms with van der Waals surface area (Å²) in [6.45, 7) is 18.3. The van der Waals surface area contributed by atoms with E-state index in [0.717, 1.165) is 0 Å². The van der Waals surface area contributed by atoms with Gasteiger partial charge in [0.05, 0.1) is 0 Å². The van der Waals surface area contributed by atoms with E-state index in [1.54, 1.807) is 0 Å². The van der Waals surface area contributed by atoms with Crippen LogP contribution < -0.4 is 21.3 Å². The van der Waals surface area contributed by atoms with Crippen molar-refractivity contribution in [2.75, 3.05) is 4.90 Å². The minimum absolute atomic E-state index is 0.103. The molecule has 0 saturated heterocycles. The fourth-order valence-corrected chi connectivity index (χ4v) is 5.62. The Morgan fingerprint density at radius 2 is 1.26 bits per heavy atom. The molecule has 1 nitrogen and oxygen atoms in total. The number of rotatable bonds is 2. The van der Waals surface area contributed by atoms with Crippen molar-refractivity contribution >= 4 is 40.2 Å². The quantitative estimate of drug-likeness (QED) is 0.263. The molecule has 0 aliphatic carbocycles. The van der Waals surface area contributed by atoms with E-state index in [9.17, 15) is 0 Å². The van der Waals surface area contributed by atoms with Crippen LogP contribution in [0.4, 0.5) is 17.1 Å². The molecule has 0 unspecified atom stereocenters. The van der Waals surface area contributed by atoms with Gasteiger partial charge in [0.1, 0.15) is 0 Å². The topological polar surface area (TPSA) is 3.24 Å². The Hall–Kier alpha value is -3.26. The van der Waals surface area contributed by atoms with Crippen LogP contribution in [0.3, 0.4) is 0 Å². The third-order valence-electron chi connectivity index (χ3n) is 7.52. The van der Waals surface area contributed by atoms with Crippen molar-refractivity contribution < 1.29 is 0 Å². The van der Waals surface area contributed by atoms with Crippen LogP contribution in [0.2, 0.25) is 0 Å². The largest absolute Gasteiger partial charge is 0.312 e. The molecule has 0 radical (unpaired) electrons. The van der Waals surface area contributed by atoms with E-state index in [1.165, 1.54) is 66.8 Å². The summed E-state index contributed by atoms with van der Waals surface area (Å²) >= 11 is 0. The van der Waals surface area contributed by atoms with Crippen LogP contribution >= 0.6 is 0 Å². The number of benzene rings is 4. The molecule has 1 heterocycles. The molecule has 0 atom stereocenters. The van der Waals surface area contributed by atoms with Crippen LogP contribution in [0.5, 0.6) is 0 Å². The average molecular weight is 457 g/mol. The normalized spacial score (nSPS) is 13.0. The molecule has 2 heteroatoms. The van der Waals surface area contributed by atoms with Crippen LogP contribution in [0.1, 0.15) is 54.2 Å². The third kappa shape index (κ3) is 4.10. The molecule has 5 rings (SSSR count). The van der Waals surface area contributed by atoms with Crippen molar-refractivity contribution in [1.82, 2.24) is 0 Å². The molecule has 1 aliphatic heterocycles. The van der Waals surface area contributed by atoms with Crippen molar-refractivity contribution in [3.05, 3.63) is 106 Å².